The zero-order chi connectivity index (χ0) is 23.3. The lowest BCUT2D eigenvalue weighted by molar-refractivity contribution is -0.149. The fraction of sp³-hybridized carbons (Fsp3) is 0.737. The summed E-state index contributed by atoms with van der Waals surface area (Å²) in [7, 11) is 0. The molecule has 4 amide bonds. The van der Waals surface area contributed by atoms with Gasteiger partial charge in [0, 0.05) is 19.5 Å². The van der Waals surface area contributed by atoms with Crippen molar-refractivity contribution in [3.05, 3.63) is 0 Å². The van der Waals surface area contributed by atoms with Crippen LogP contribution >= 0.6 is 0 Å². The standard InChI is InChI=1S/C19H31N5O7/c1-10(25)15(19(30)31)22-16(27)12-4-2-8-23(12)18(29)13-5-3-9-24(13)17(28)11(20)6-7-14(21)26/h10-13,15,25H,2-9,20H2,1H3,(H2,21,26)(H,22,27)(H,30,31). The van der Waals surface area contributed by atoms with Crippen molar-refractivity contribution in [2.45, 2.75) is 75.7 Å². The molecule has 31 heavy (non-hydrogen) atoms. The van der Waals surface area contributed by atoms with Gasteiger partial charge < -0.3 is 36.8 Å². The Hall–Kier alpha value is -2.73. The van der Waals surface area contributed by atoms with E-state index in [0.717, 1.165) is 0 Å². The van der Waals surface area contributed by atoms with E-state index in [4.69, 9.17) is 16.6 Å². The molecule has 0 aliphatic carbocycles. The average Bonchev–Trinajstić information content (AvgIpc) is 3.37. The van der Waals surface area contributed by atoms with Crippen LogP contribution in [0.5, 0.6) is 0 Å². The molecule has 12 nitrogen and oxygen atoms in total. The number of aliphatic hydroxyl groups excluding tert-OH is 1. The van der Waals surface area contributed by atoms with Gasteiger partial charge in [0.15, 0.2) is 6.04 Å². The topological polar surface area (TPSA) is 196 Å². The molecule has 2 aliphatic rings. The third-order valence-electron chi connectivity index (χ3n) is 5.72. The number of primary amides is 1. The Morgan fingerprint density at radius 3 is 2.19 bits per heavy atom. The number of carbonyl (C=O) groups excluding carboxylic acids is 4. The Balaban J connectivity index is 2.07. The van der Waals surface area contributed by atoms with E-state index in [0.29, 0.717) is 38.8 Å². The quantitative estimate of drug-likeness (QED) is 0.259. The SMILES string of the molecule is CC(O)C(NC(=O)C1CCCN1C(=O)C1CCCN1C(=O)C(N)CCC(N)=O)C(=O)O. The second-order valence-corrected chi connectivity index (χ2v) is 8.06. The van der Waals surface area contributed by atoms with E-state index in [-0.39, 0.29) is 12.8 Å². The van der Waals surface area contributed by atoms with Gasteiger partial charge in [0.1, 0.15) is 12.1 Å². The number of amides is 4. The second kappa shape index (κ2) is 10.5. The van der Waals surface area contributed by atoms with E-state index in [1.54, 1.807) is 0 Å². The monoisotopic (exact) mass is 441 g/mol. The van der Waals surface area contributed by atoms with Gasteiger partial charge in [-0.25, -0.2) is 4.79 Å². The maximum absolute atomic E-state index is 13.2. The van der Waals surface area contributed by atoms with Gasteiger partial charge in [0.05, 0.1) is 12.1 Å². The fourth-order valence-corrected chi connectivity index (χ4v) is 4.05. The minimum atomic E-state index is -1.49. The lowest BCUT2D eigenvalue weighted by Crippen LogP contribution is -2.57. The third kappa shape index (κ3) is 5.91. The van der Waals surface area contributed by atoms with Crippen molar-refractivity contribution in [3.63, 3.8) is 0 Å². The Morgan fingerprint density at radius 1 is 1.06 bits per heavy atom. The highest BCUT2D eigenvalue weighted by Gasteiger charge is 2.43. The molecule has 2 heterocycles. The van der Waals surface area contributed by atoms with E-state index in [2.05, 4.69) is 5.32 Å². The van der Waals surface area contributed by atoms with Gasteiger partial charge in [-0.05, 0) is 39.0 Å². The van der Waals surface area contributed by atoms with E-state index >= 15 is 0 Å². The van der Waals surface area contributed by atoms with E-state index in [1.165, 1.54) is 16.7 Å². The molecule has 0 aromatic rings. The van der Waals surface area contributed by atoms with Gasteiger partial charge in [-0.3, -0.25) is 19.2 Å². The molecule has 0 radical (unpaired) electrons. The molecular formula is C19H31N5O7. The predicted octanol–water partition coefficient (Wildman–Crippen LogP) is -2.49. The van der Waals surface area contributed by atoms with E-state index in [9.17, 15) is 29.1 Å². The van der Waals surface area contributed by atoms with Gasteiger partial charge in [0.25, 0.3) is 0 Å². The molecule has 2 rings (SSSR count). The van der Waals surface area contributed by atoms with Crippen LogP contribution in [0.25, 0.3) is 0 Å². The van der Waals surface area contributed by atoms with Crippen LogP contribution < -0.4 is 16.8 Å². The van der Waals surface area contributed by atoms with Crippen LogP contribution in [-0.2, 0) is 24.0 Å². The zero-order valence-corrected chi connectivity index (χ0v) is 17.5. The molecular weight excluding hydrogens is 410 g/mol. The molecule has 7 N–H and O–H groups in total. The summed E-state index contributed by atoms with van der Waals surface area (Å²) in [5.74, 6) is -3.45. The van der Waals surface area contributed by atoms with E-state index < -0.39 is 59.9 Å². The number of nitrogens with two attached hydrogens (primary N) is 2. The number of carbonyl (C=O) groups is 5. The van der Waals surface area contributed by atoms with Gasteiger partial charge in [-0.2, -0.15) is 0 Å². The molecule has 2 aliphatic heterocycles. The summed E-state index contributed by atoms with van der Waals surface area (Å²) in [5, 5.41) is 21.0. The van der Waals surface area contributed by atoms with Crippen LogP contribution in [0.1, 0.15) is 45.4 Å². The zero-order valence-electron chi connectivity index (χ0n) is 17.5. The largest absolute Gasteiger partial charge is 0.480 e. The van der Waals surface area contributed by atoms with Crippen molar-refractivity contribution in [1.82, 2.24) is 15.1 Å². The van der Waals surface area contributed by atoms with Crippen LogP contribution in [0.3, 0.4) is 0 Å². The highest BCUT2D eigenvalue weighted by Crippen LogP contribution is 2.26. The lowest BCUT2D eigenvalue weighted by Gasteiger charge is -2.32. The fourth-order valence-electron chi connectivity index (χ4n) is 4.05. The summed E-state index contributed by atoms with van der Waals surface area (Å²) in [6.07, 6.45) is 0.647. The van der Waals surface area contributed by atoms with Crippen molar-refractivity contribution in [1.29, 1.82) is 0 Å². The highest BCUT2D eigenvalue weighted by molar-refractivity contribution is 5.95. The number of likely N-dealkylation sites (tertiary alicyclic amines) is 2. The number of carboxylic acids is 1. The third-order valence-corrected chi connectivity index (χ3v) is 5.72. The summed E-state index contributed by atoms with van der Waals surface area (Å²) in [5.41, 5.74) is 11.0. The molecule has 0 aromatic heterocycles. The van der Waals surface area contributed by atoms with Crippen LogP contribution in [0.15, 0.2) is 0 Å². The van der Waals surface area contributed by atoms with Crippen LogP contribution in [-0.4, -0.2) is 93.0 Å². The normalized spacial score (nSPS) is 23.8. The van der Waals surface area contributed by atoms with Gasteiger partial charge in [-0.1, -0.05) is 0 Å². The van der Waals surface area contributed by atoms with Crippen molar-refractivity contribution in [2.24, 2.45) is 11.5 Å². The van der Waals surface area contributed by atoms with Crippen LogP contribution in [0, 0.1) is 0 Å². The smallest absolute Gasteiger partial charge is 0.328 e. The van der Waals surface area contributed by atoms with Crippen molar-refractivity contribution in [3.8, 4) is 0 Å². The molecule has 2 fully saturated rings. The highest BCUT2D eigenvalue weighted by atomic mass is 16.4. The summed E-state index contributed by atoms with van der Waals surface area (Å²) >= 11 is 0. The van der Waals surface area contributed by atoms with Crippen LogP contribution in [0.4, 0.5) is 0 Å². The van der Waals surface area contributed by atoms with Crippen molar-refractivity contribution in [2.75, 3.05) is 13.1 Å². The summed E-state index contributed by atoms with van der Waals surface area (Å²) in [6, 6.07) is -4.10. The lowest BCUT2D eigenvalue weighted by atomic mass is 10.1. The average molecular weight is 441 g/mol. The first kappa shape index (κ1) is 24.5. The molecule has 0 saturated carbocycles. The number of aliphatic carboxylic acids is 1. The van der Waals surface area contributed by atoms with Crippen molar-refractivity contribution < 1.29 is 34.2 Å². The number of nitrogens with zero attached hydrogens (tertiary/aromatic N) is 2. The maximum atomic E-state index is 13.2. The summed E-state index contributed by atoms with van der Waals surface area (Å²) in [6.45, 7) is 1.89. The summed E-state index contributed by atoms with van der Waals surface area (Å²) in [4.78, 5) is 63.5. The van der Waals surface area contributed by atoms with Gasteiger partial charge in [-0.15, -0.1) is 0 Å². The maximum Gasteiger partial charge on any atom is 0.328 e. The number of hydrogen-bond acceptors (Lipinski definition) is 7. The van der Waals surface area contributed by atoms with Crippen molar-refractivity contribution >= 4 is 29.6 Å². The number of hydrogen-bond donors (Lipinski definition) is 5. The molecule has 5 unspecified atom stereocenters. The number of nitrogens with one attached hydrogen (secondary N) is 1. The number of aliphatic hydroxyl groups is 1. The second-order valence-electron chi connectivity index (χ2n) is 8.06. The first-order valence-corrected chi connectivity index (χ1v) is 10.4. The predicted molar refractivity (Wildman–Crippen MR) is 107 cm³/mol. The minimum Gasteiger partial charge on any atom is -0.480 e. The molecule has 5 atom stereocenters. The Morgan fingerprint density at radius 2 is 1.65 bits per heavy atom. The minimum absolute atomic E-state index is 0.0399. The summed E-state index contributed by atoms with van der Waals surface area (Å²) < 4.78 is 0. The molecule has 0 bridgehead atoms. The van der Waals surface area contributed by atoms with Gasteiger partial charge in [0.2, 0.25) is 23.6 Å². The molecule has 12 heteroatoms. The number of carboxylic acid groups (broad SMARTS) is 1. The Kier molecular flexibility index (Phi) is 8.34. The molecule has 0 spiro atoms. The Labute approximate surface area is 179 Å². The Bertz CT molecular complexity index is 728. The van der Waals surface area contributed by atoms with Crippen LogP contribution in [0.2, 0.25) is 0 Å². The molecule has 174 valence electrons. The first-order chi connectivity index (χ1) is 14.5. The van der Waals surface area contributed by atoms with E-state index in [1.807, 2.05) is 0 Å². The molecule has 2 saturated heterocycles. The molecule has 0 aromatic carbocycles. The first-order valence-electron chi connectivity index (χ1n) is 10.4. The van der Waals surface area contributed by atoms with Gasteiger partial charge >= 0.3 is 5.97 Å². The number of rotatable bonds is 9.